The molecule has 1 unspecified atom stereocenters. The van der Waals surface area contributed by atoms with Crippen molar-refractivity contribution in [2.45, 2.75) is 31.5 Å². The Kier molecular flexibility index (Phi) is 4.79. The van der Waals surface area contributed by atoms with Gasteiger partial charge in [0, 0.05) is 20.0 Å². The molecular formula is C13H19O2. The number of ether oxygens (including phenoxy) is 1. The fraction of sp³-hybridized carbons (Fsp3) is 0.462. The molecule has 0 amide bonds. The lowest BCUT2D eigenvalue weighted by Crippen LogP contribution is -2.33. The molecule has 0 saturated carbocycles. The van der Waals surface area contributed by atoms with Crippen LogP contribution in [0.2, 0.25) is 0 Å². The Balaban J connectivity index is 2.59. The minimum atomic E-state index is -1.04. The van der Waals surface area contributed by atoms with E-state index in [-0.39, 0.29) is 0 Å². The summed E-state index contributed by atoms with van der Waals surface area (Å²) in [5.41, 5.74) is 1.09. The van der Waals surface area contributed by atoms with Gasteiger partial charge in [-0.15, -0.1) is 0 Å². The van der Waals surface area contributed by atoms with E-state index in [1.807, 2.05) is 30.3 Å². The lowest BCUT2D eigenvalue weighted by Gasteiger charge is -2.26. The van der Waals surface area contributed by atoms with Crippen LogP contribution in [0.15, 0.2) is 30.3 Å². The maximum Gasteiger partial charge on any atom is 0.169 e. The first-order chi connectivity index (χ1) is 7.20. The molecule has 1 atom stereocenters. The Bertz CT molecular complexity index is 271. The summed E-state index contributed by atoms with van der Waals surface area (Å²) < 4.78 is 5.17. The molecule has 0 aromatic heterocycles. The third-order valence-corrected chi connectivity index (χ3v) is 2.52. The molecule has 2 nitrogen and oxygen atoms in total. The third-order valence-electron chi connectivity index (χ3n) is 2.52. The van der Waals surface area contributed by atoms with E-state index in [2.05, 4.69) is 6.92 Å². The summed E-state index contributed by atoms with van der Waals surface area (Å²) >= 11 is 0. The van der Waals surface area contributed by atoms with Crippen molar-refractivity contribution in [2.24, 2.45) is 0 Å². The zero-order chi connectivity index (χ0) is 11.1. The molecule has 0 fully saturated rings. The average Bonchev–Trinajstić information content (AvgIpc) is 2.28. The molecule has 0 bridgehead atoms. The first kappa shape index (κ1) is 12.2. The van der Waals surface area contributed by atoms with Crippen LogP contribution in [-0.2, 0) is 11.2 Å². The molecule has 1 N–H and O–H groups in total. The fourth-order valence-electron chi connectivity index (χ4n) is 1.58. The molecule has 15 heavy (non-hydrogen) atoms. The lowest BCUT2D eigenvalue weighted by atomic mass is 10.00. The van der Waals surface area contributed by atoms with Crippen LogP contribution < -0.4 is 0 Å². The number of hydrogen-bond donors (Lipinski definition) is 1. The highest BCUT2D eigenvalue weighted by molar-refractivity contribution is 5.16. The van der Waals surface area contributed by atoms with Gasteiger partial charge in [0.05, 0.1) is 0 Å². The molecule has 0 aliphatic heterocycles. The van der Waals surface area contributed by atoms with Gasteiger partial charge in [-0.1, -0.05) is 43.7 Å². The standard InChI is InChI=1S/C13H19O2/c1-3-4-10-13(14,15-2)11-12-8-6-5-7-9-12/h5-9,14H,1,3-4,10-11H2,2H3. The van der Waals surface area contributed by atoms with Crippen molar-refractivity contribution in [3.05, 3.63) is 42.8 Å². The zero-order valence-electron chi connectivity index (χ0n) is 9.28. The normalized spacial score (nSPS) is 14.9. The van der Waals surface area contributed by atoms with Gasteiger partial charge in [0.2, 0.25) is 0 Å². The maximum atomic E-state index is 10.2. The van der Waals surface area contributed by atoms with Crippen molar-refractivity contribution in [1.29, 1.82) is 0 Å². The molecule has 0 heterocycles. The van der Waals surface area contributed by atoms with Gasteiger partial charge in [-0.2, -0.15) is 0 Å². The largest absolute Gasteiger partial charge is 0.365 e. The number of aliphatic hydroxyl groups is 1. The van der Waals surface area contributed by atoms with Gasteiger partial charge in [0.15, 0.2) is 5.79 Å². The summed E-state index contributed by atoms with van der Waals surface area (Å²) in [4.78, 5) is 0. The van der Waals surface area contributed by atoms with Gasteiger partial charge in [0.25, 0.3) is 0 Å². The smallest absolute Gasteiger partial charge is 0.169 e. The van der Waals surface area contributed by atoms with E-state index in [1.54, 1.807) is 7.11 Å². The van der Waals surface area contributed by atoms with E-state index in [4.69, 9.17) is 4.74 Å². The SMILES string of the molecule is [CH2]CCCC(O)(Cc1ccccc1)OC. The van der Waals surface area contributed by atoms with Crippen molar-refractivity contribution < 1.29 is 9.84 Å². The highest BCUT2D eigenvalue weighted by Crippen LogP contribution is 2.20. The first-order valence-corrected chi connectivity index (χ1v) is 5.31. The van der Waals surface area contributed by atoms with Gasteiger partial charge in [-0.05, 0) is 12.0 Å². The minimum Gasteiger partial charge on any atom is -0.365 e. The number of rotatable bonds is 6. The van der Waals surface area contributed by atoms with E-state index in [1.165, 1.54) is 0 Å². The average molecular weight is 207 g/mol. The van der Waals surface area contributed by atoms with Crippen molar-refractivity contribution >= 4 is 0 Å². The van der Waals surface area contributed by atoms with E-state index in [0.717, 1.165) is 18.4 Å². The van der Waals surface area contributed by atoms with Crippen LogP contribution >= 0.6 is 0 Å². The summed E-state index contributed by atoms with van der Waals surface area (Å²) in [5, 5.41) is 10.2. The van der Waals surface area contributed by atoms with E-state index in [9.17, 15) is 5.11 Å². The monoisotopic (exact) mass is 207 g/mol. The van der Waals surface area contributed by atoms with Crippen LogP contribution in [0.3, 0.4) is 0 Å². The number of unbranched alkanes of at least 4 members (excludes halogenated alkanes) is 1. The summed E-state index contributed by atoms with van der Waals surface area (Å²) in [6.07, 6.45) is 2.85. The maximum absolute atomic E-state index is 10.2. The lowest BCUT2D eigenvalue weighted by molar-refractivity contribution is -0.188. The van der Waals surface area contributed by atoms with Crippen molar-refractivity contribution in [3.63, 3.8) is 0 Å². The number of benzene rings is 1. The summed E-state index contributed by atoms with van der Waals surface area (Å²) in [6, 6.07) is 9.88. The van der Waals surface area contributed by atoms with E-state index in [0.29, 0.717) is 12.8 Å². The van der Waals surface area contributed by atoms with Gasteiger partial charge in [-0.25, -0.2) is 0 Å². The Hall–Kier alpha value is -0.860. The van der Waals surface area contributed by atoms with Gasteiger partial charge in [0.1, 0.15) is 0 Å². The second-order valence-electron chi connectivity index (χ2n) is 3.77. The molecule has 2 heteroatoms. The predicted molar refractivity (Wildman–Crippen MR) is 61.3 cm³/mol. The van der Waals surface area contributed by atoms with Crippen molar-refractivity contribution in [1.82, 2.24) is 0 Å². The topological polar surface area (TPSA) is 29.5 Å². The molecule has 1 aromatic rings. The van der Waals surface area contributed by atoms with Crippen molar-refractivity contribution in [3.8, 4) is 0 Å². The van der Waals surface area contributed by atoms with Crippen LogP contribution in [0.4, 0.5) is 0 Å². The molecular weight excluding hydrogens is 188 g/mol. The Morgan fingerprint density at radius 2 is 2.00 bits per heavy atom. The quantitative estimate of drug-likeness (QED) is 0.726. The molecule has 1 rings (SSSR count). The van der Waals surface area contributed by atoms with Crippen LogP contribution in [-0.4, -0.2) is 18.0 Å². The third kappa shape index (κ3) is 4.02. The number of methoxy groups -OCH3 is 1. The predicted octanol–water partition coefficient (Wildman–Crippen LogP) is 2.57. The molecule has 83 valence electrons. The van der Waals surface area contributed by atoms with E-state index >= 15 is 0 Å². The molecule has 0 aliphatic carbocycles. The number of hydrogen-bond acceptors (Lipinski definition) is 2. The minimum absolute atomic E-state index is 0.532. The first-order valence-electron chi connectivity index (χ1n) is 5.31. The summed E-state index contributed by atoms with van der Waals surface area (Å²) in [7, 11) is 1.55. The van der Waals surface area contributed by atoms with Crippen LogP contribution in [0.25, 0.3) is 0 Å². The molecule has 1 aromatic carbocycles. The summed E-state index contributed by atoms with van der Waals surface area (Å²) in [6.45, 7) is 3.76. The van der Waals surface area contributed by atoms with Gasteiger partial charge < -0.3 is 9.84 Å². The highest BCUT2D eigenvalue weighted by atomic mass is 16.6. The highest BCUT2D eigenvalue weighted by Gasteiger charge is 2.25. The van der Waals surface area contributed by atoms with Crippen LogP contribution in [0.1, 0.15) is 24.8 Å². The van der Waals surface area contributed by atoms with Gasteiger partial charge >= 0.3 is 0 Å². The zero-order valence-corrected chi connectivity index (χ0v) is 9.28. The van der Waals surface area contributed by atoms with Crippen molar-refractivity contribution in [2.75, 3.05) is 7.11 Å². The Morgan fingerprint density at radius 1 is 1.33 bits per heavy atom. The Morgan fingerprint density at radius 3 is 2.53 bits per heavy atom. The summed E-state index contributed by atoms with van der Waals surface area (Å²) in [5.74, 6) is -1.04. The molecule has 0 aliphatic rings. The molecule has 0 spiro atoms. The molecule has 0 saturated heterocycles. The van der Waals surface area contributed by atoms with E-state index < -0.39 is 5.79 Å². The van der Waals surface area contributed by atoms with Gasteiger partial charge in [-0.3, -0.25) is 0 Å². The Labute approximate surface area is 91.9 Å². The van der Waals surface area contributed by atoms with Crippen LogP contribution in [0.5, 0.6) is 0 Å². The van der Waals surface area contributed by atoms with Crippen LogP contribution in [0, 0.1) is 6.92 Å². The second-order valence-corrected chi connectivity index (χ2v) is 3.77. The molecule has 1 radical (unpaired) electrons. The fourth-order valence-corrected chi connectivity index (χ4v) is 1.58. The second kappa shape index (κ2) is 5.89.